The van der Waals surface area contributed by atoms with E-state index in [9.17, 15) is 4.79 Å². The highest BCUT2D eigenvalue weighted by atomic mass is 79.9. The lowest BCUT2D eigenvalue weighted by Gasteiger charge is -2.10. The minimum absolute atomic E-state index is 0.109. The molecule has 1 amide bonds. The Balaban J connectivity index is 1.98. The first-order valence-corrected chi connectivity index (χ1v) is 7.07. The number of hydrogen-bond acceptors (Lipinski definition) is 3. The fraction of sp³-hybridized carbons (Fsp3) is 0.125. The molecule has 0 fully saturated rings. The summed E-state index contributed by atoms with van der Waals surface area (Å²) in [6.07, 6.45) is 0. The van der Waals surface area contributed by atoms with Gasteiger partial charge in [-0.25, -0.2) is 0 Å². The van der Waals surface area contributed by atoms with Gasteiger partial charge in [0.05, 0.1) is 11.3 Å². The summed E-state index contributed by atoms with van der Waals surface area (Å²) in [5.41, 5.74) is 1.85. The van der Waals surface area contributed by atoms with E-state index in [1.165, 1.54) is 0 Å². The predicted octanol–water partition coefficient (Wildman–Crippen LogP) is 3.65. The molecule has 2 aromatic rings. The van der Waals surface area contributed by atoms with E-state index in [4.69, 9.17) is 10.00 Å². The number of rotatable bonds is 4. The maximum absolute atomic E-state index is 11.9. The highest BCUT2D eigenvalue weighted by Crippen LogP contribution is 2.22. The lowest BCUT2D eigenvalue weighted by atomic mass is 10.2. The number of halogens is 1. The molecular formula is C16H13BrN2O2. The molecule has 2 rings (SSSR count). The quantitative estimate of drug-likeness (QED) is 0.920. The summed E-state index contributed by atoms with van der Waals surface area (Å²) in [6, 6.07) is 14.4. The molecule has 2 aromatic carbocycles. The first-order chi connectivity index (χ1) is 10.1. The summed E-state index contributed by atoms with van der Waals surface area (Å²) < 4.78 is 6.44. The van der Waals surface area contributed by atoms with Gasteiger partial charge < -0.3 is 10.1 Å². The van der Waals surface area contributed by atoms with Crippen LogP contribution in [0, 0.1) is 18.3 Å². The van der Waals surface area contributed by atoms with Crippen molar-refractivity contribution in [2.45, 2.75) is 6.92 Å². The molecule has 0 aromatic heterocycles. The van der Waals surface area contributed by atoms with Gasteiger partial charge in [0.1, 0.15) is 11.8 Å². The molecule has 0 saturated carbocycles. The molecule has 21 heavy (non-hydrogen) atoms. The van der Waals surface area contributed by atoms with E-state index in [1.54, 1.807) is 30.3 Å². The third kappa shape index (κ3) is 4.07. The number of nitrogens with zero attached hydrogens (tertiary/aromatic N) is 1. The molecule has 4 nitrogen and oxygen atoms in total. The monoisotopic (exact) mass is 344 g/mol. The molecule has 0 aliphatic carbocycles. The van der Waals surface area contributed by atoms with Crippen LogP contribution in [-0.4, -0.2) is 12.5 Å². The Kier molecular flexibility index (Phi) is 4.96. The number of anilines is 1. The summed E-state index contributed by atoms with van der Waals surface area (Å²) >= 11 is 3.37. The molecule has 0 atom stereocenters. The van der Waals surface area contributed by atoms with Crippen LogP contribution in [0.15, 0.2) is 46.9 Å². The van der Waals surface area contributed by atoms with Crippen LogP contribution in [0.25, 0.3) is 0 Å². The van der Waals surface area contributed by atoms with E-state index in [1.807, 2.05) is 25.1 Å². The molecule has 1 N–H and O–H groups in total. The summed E-state index contributed by atoms with van der Waals surface area (Å²) in [4.78, 5) is 11.9. The molecular weight excluding hydrogens is 332 g/mol. The maximum atomic E-state index is 11.9. The minimum atomic E-state index is -0.306. The van der Waals surface area contributed by atoms with Crippen molar-refractivity contribution in [3.63, 3.8) is 0 Å². The zero-order valence-corrected chi connectivity index (χ0v) is 13.0. The van der Waals surface area contributed by atoms with Gasteiger partial charge in [0, 0.05) is 4.47 Å². The van der Waals surface area contributed by atoms with Gasteiger partial charge in [0.25, 0.3) is 5.91 Å². The van der Waals surface area contributed by atoms with Crippen LogP contribution in [0.4, 0.5) is 5.69 Å². The lowest BCUT2D eigenvalue weighted by Crippen LogP contribution is -2.20. The van der Waals surface area contributed by atoms with Crippen LogP contribution in [0.2, 0.25) is 0 Å². The second kappa shape index (κ2) is 6.91. The molecule has 0 spiro atoms. The van der Waals surface area contributed by atoms with Gasteiger partial charge >= 0.3 is 0 Å². The third-order valence-corrected chi connectivity index (χ3v) is 3.31. The number of aryl methyl sites for hydroxylation is 1. The molecule has 0 bridgehead atoms. The van der Waals surface area contributed by atoms with Gasteiger partial charge in [-0.05, 0) is 42.8 Å². The average Bonchev–Trinajstić information content (AvgIpc) is 2.47. The second-order valence-corrected chi connectivity index (χ2v) is 5.32. The first kappa shape index (κ1) is 15.1. The normalized spacial score (nSPS) is 9.76. The maximum Gasteiger partial charge on any atom is 0.262 e. The minimum Gasteiger partial charge on any atom is -0.483 e. The number of carbonyl (C=O) groups excluding carboxylic acids is 1. The third-order valence-electron chi connectivity index (χ3n) is 2.82. The average molecular weight is 345 g/mol. The Morgan fingerprint density at radius 3 is 2.81 bits per heavy atom. The Morgan fingerprint density at radius 2 is 2.10 bits per heavy atom. The molecule has 106 valence electrons. The number of nitriles is 1. The van der Waals surface area contributed by atoms with Gasteiger partial charge in [-0.3, -0.25) is 4.79 Å². The fourth-order valence-corrected chi connectivity index (χ4v) is 2.27. The van der Waals surface area contributed by atoms with Crippen molar-refractivity contribution in [1.82, 2.24) is 0 Å². The molecule has 0 aliphatic rings. The number of ether oxygens (including phenoxy) is 1. The first-order valence-electron chi connectivity index (χ1n) is 6.28. The molecule has 0 saturated heterocycles. The van der Waals surface area contributed by atoms with Crippen molar-refractivity contribution in [3.8, 4) is 11.8 Å². The summed E-state index contributed by atoms with van der Waals surface area (Å²) in [6.45, 7) is 1.80. The van der Waals surface area contributed by atoms with E-state index in [2.05, 4.69) is 21.2 Å². The molecule has 0 heterocycles. The molecule has 0 aliphatic heterocycles. The Hall–Kier alpha value is -2.32. The zero-order chi connectivity index (χ0) is 15.2. The van der Waals surface area contributed by atoms with Gasteiger partial charge in [0.2, 0.25) is 0 Å². The van der Waals surface area contributed by atoms with Crippen LogP contribution < -0.4 is 10.1 Å². The van der Waals surface area contributed by atoms with Crippen molar-refractivity contribution in [2.75, 3.05) is 11.9 Å². The SMILES string of the molecule is Cc1cc(Br)ccc1OCC(=O)Nc1ccccc1C#N. The van der Waals surface area contributed by atoms with Crippen LogP contribution in [0.5, 0.6) is 5.75 Å². The van der Waals surface area contributed by atoms with E-state index >= 15 is 0 Å². The van der Waals surface area contributed by atoms with Gasteiger partial charge in [-0.1, -0.05) is 28.1 Å². The Morgan fingerprint density at radius 1 is 1.33 bits per heavy atom. The van der Waals surface area contributed by atoms with E-state index in [0.717, 1.165) is 10.0 Å². The number of benzene rings is 2. The lowest BCUT2D eigenvalue weighted by molar-refractivity contribution is -0.118. The Labute approximate surface area is 131 Å². The smallest absolute Gasteiger partial charge is 0.262 e. The van der Waals surface area contributed by atoms with E-state index in [-0.39, 0.29) is 12.5 Å². The number of para-hydroxylation sites is 1. The van der Waals surface area contributed by atoms with E-state index < -0.39 is 0 Å². The van der Waals surface area contributed by atoms with Crippen molar-refractivity contribution in [2.24, 2.45) is 0 Å². The van der Waals surface area contributed by atoms with Crippen molar-refractivity contribution in [1.29, 1.82) is 5.26 Å². The van der Waals surface area contributed by atoms with Crippen LogP contribution in [0.3, 0.4) is 0 Å². The molecule has 5 heteroatoms. The number of amides is 1. The number of carbonyl (C=O) groups is 1. The summed E-state index contributed by atoms with van der Waals surface area (Å²) in [7, 11) is 0. The summed E-state index contributed by atoms with van der Waals surface area (Å²) in [5, 5.41) is 11.6. The largest absolute Gasteiger partial charge is 0.483 e. The van der Waals surface area contributed by atoms with Crippen LogP contribution in [-0.2, 0) is 4.79 Å². The standard InChI is InChI=1S/C16H13BrN2O2/c1-11-8-13(17)6-7-15(11)21-10-16(20)19-14-5-3-2-4-12(14)9-18/h2-8H,10H2,1H3,(H,19,20). The Bertz CT molecular complexity index is 708. The van der Waals surface area contributed by atoms with Crippen molar-refractivity contribution >= 4 is 27.5 Å². The highest BCUT2D eigenvalue weighted by molar-refractivity contribution is 9.10. The van der Waals surface area contributed by atoms with Crippen LogP contribution in [0.1, 0.15) is 11.1 Å². The predicted molar refractivity (Wildman–Crippen MR) is 84.2 cm³/mol. The van der Waals surface area contributed by atoms with Gasteiger partial charge in [-0.2, -0.15) is 5.26 Å². The zero-order valence-electron chi connectivity index (χ0n) is 11.4. The topological polar surface area (TPSA) is 62.1 Å². The van der Waals surface area contributed by atoms with Gasteiger partial charge in [0.15, 0.2) is 6.61 Å². The van der Waals surface area contributed by atoms with Gasteiger partial charge in [-0.15, -0.1) is 0 Å². The van der Waals surface area contributed by atoms with Crippen molar-refractivity contribution < 1.29 is 9.53 Å². The molecule has 0 unspecified atom stereocenters. The van der Waals surface area contributed by atoms with Crippen molar-refractivity contribution in [3.05, 3.63) is 58.1 Å². The highest BCUT2D eigenvalue weighted by Gasteiger charge is 2.08. The summed E-state index contributed by atoms with van der Waals surface area (Å²) in [5.74, 6) is 0.349. The fourth-order valence-electron chi connectivity index (χ4n) is 1.79. The molecule has 0 radical (unpaired) electrons. The number of nitrogens with one attached hydrogen (secondary N) is 1. The number of hydrogen-bond donors (Lipinski definition) is 1. The second-order valence-electron chi connectivity index (χ2n) is 4.40. The van der Waals surface area contributed by atoms with Crippen LogP contribution >= 0.6 is 15.9 Å². The van der Waals surface area contributed by atoms with E-state index in [0.29, 0.717) is 17.0 Å².